The third-order valence-electron chi connectivity index (χ3n) is 5.15. The highest BCUT2D eigenvalue weighted by atomic mass is 32.1. The Hall–Kier alpha value is -2.21. The van der Waals surface area contributed by atoms with Gasteiger partial charge in [-0.15, -0.1) is 11.3 Å². The smallest absolute Gasteiger partial charge is 0.259 e. The minimum Gasteiger partial charge on any atom is -0.375 e. The van der Waals surface area contributed by atoms with E-state index in [1.807, 2.05) is 13.0 Å². The van der Waals surface area contributed by atoms with Crippen LogP contribution in [0.5, 0.6) is 0 Å². The number of aromatic amines is 1. The van der Waals surface area contributed by atoms with E-state index < -0.39 is 0 Å². The Bertz CT molecular complexity index is 1040. The predicted octanol–water partition coefficient (Wildman–Crippen LogP) is 4.73. The first-order valence-electron chi connectivity index (χ1n) is 8.99. The first-order valence-corrected chi connectivity index (χ1v) is 9.81. The van der Waals surface area contributed by atoms with Crippen molar-refractivity contribution in [2.24, 2.45) is 5.92 Å². The zero-order valence-electron chi connectivity index (χ0n) is 15.1. The number of anilines is 1. The number of nitrogens with zero attached hydrogens (tertiary/aromatic N) is 1. The molecule has 6 heteroatoms. The van der Waals surface area contributed by atoms with E-state index in [0.717, 1.165) is 29.5 Å². The number of hydrogen-bond acceptors (Lipinski definition) is 4. The monoisotopic (exact) mass is 371 g/mol. The van der Waals surface area contributed by atoms with Crippen LogP contribution in [0.4, 0.5) is 10.1 Å². The van der Waals surface area contributed by atoms with Crippen LogP contribution in [0.2, 0.25) is 0 Å². The number of nitrogens with one attached hydrogen (secondary N) is 2. The summed E-state index contributed by atoms with van der Waals surface area (Å²) in [7, 11) is 0. The van der Waals surface area contributed by atoms with Crippen molar-refractivity contribution in [3.63, 3.8) is 0 Å². The SMILES string of the molecule is Cc1ccc(N[C@H](C)c2nc3sc4c(c3c(=O)[nH]2)CC[C@@H](C)C4)cc1F. The summed E-state index contributed by atoms with van der Waals surface area (Å²) >= 11 is 1.64. The largest absolute Gasteiger partial charge is 0.375 e. The topological polar surface area (TPSA) is 57.8 Å². The number of aryl methyl sites for hydroxylation is 2. The lowest BCUT2D eigenvalue weighted by atomic mass is 9.89. The first-order chi connectivity index (χ1) is 12.4. The van der Waals surface area contributed by atoms with Crippen LogP contribution in [0.1, 0.15) is 48.1 Å². The van der Waals surface area contributed by atoms with Crippen molar-refractivity contribution in [1.29, 1.82) is 0 Å². The lowest BCUT2D eigenvalue weighted by Crippen LogP contribution is -2.18. The summed E-state index contributed by atoms with van der Waals surface area (Å²) < 4.78 is 13.8. The molecule has 136 valence electrons. The predicted molar refractivity (Wildman–Crippen MR) is 105 cm³/mol. The quantitative estimate of drug-likeness (QED) is 0.700. The second-order valence-corrected chi connectivity index (χ2v) is 8.40. The van der Waals surface area contributed by atoms with Crippen LogP contribution in [0.3, 0.4) is 0 Å². The molecule has 0 aliphatic heterocycles. The van der Waals surface area contributed by atoms with Crippen LogP contribution in [0.25, 0.3) is 10.2 Å². The lowest BCUT2D eigenvalue weighted by molar-refractivity contribution is 0.509. The van der Waals surface area contributed by atoms with Gasteiger partial charge in [-0.05, 0) is 62.3 Å². The number of rotatable bonds is 3. The maximum absolute atomic E-state index is 13.8. The molecular formula is C20H22FN3OS. The molecule has 0 amide bonds. The van der Waals surface area contributed by atoms with Crippen LogP contribution >= 0.6 is 11.3 Å². The fourth-order valence-corrected chi connectivity index (χ4v) is 4.96. The molecule has 2 N–H and O–H groups in total. The van der Waals surface area contributed by atoms with Crippen molar-refractivity contribution in [2.75, 3.05) is 5.32 Å². The fraction of sp³-hybridized carbons (Fsp3) is 0.400. The number of halogens is 1. The molecule has 0 bridgehead atoms. The van der Waals surface area contributed by atoms with Crippen molar-refractivity contribution in [1.82, 2.24) is 9.97 Å². The molecule has 1 aliphatic rings. The van der Waals surface area contributed by atoms with Gasteiger partial charge in [0.05, 0.1) is 11.4 Å². The number of H-pyrrole nitrogens is 1. The third-order valence-corrected chi connectivity index (χ3v) is 6.30. The highest BCUT2D eigenvalue weighted by Gasteiger charge is 2.23. The Labute approximate surface area is 155 Å². The van der Waals surface area contributed by atoms with Gasteiger partial charge in [-0.25, -0.2) is 9.37 Å². The molecular weight excluding hydrogens is 349 g/mol. The maximum atomic E-state index is 13.8. The lowest BCUT2D eigenvalue weighted by Gasteiger charge is -2.17. The van der Waals surface area contributed by atoms with Gasteiger partial charge in [0, 0.05) is 10.6 Å². The molecule has 0 radical (unpaired) electrons. The zero-order valence-corrected chi connectivity index (χ0v) is 16.0. The van der Waals surface area contributed by atoms with Crippen molar-refractivity contribution in [3.05, 3.63) is 56.2 Å². The summed E-state index contributed by atoms with van der Waals surface area (Å²) in [5.74, 6) is 0.987. The van der Waals surface area contributed by atoms with Gasteiger partial charge in [-0.1, -0.05) is 13.0 Å². The van der Waals surface area contributed by atoms with Gasteiger partial charge in [0.2, 0.25) is 0 Å². The number of fused-ring (bicyclic) bond motifs is 3. The van der Waals surface area contributed by atoms with Gasteiger partial charge in [0.1, 0.15) is 16.5 Å². The van der Waals surface area contributed by atoms with E-state index in [0.29, 0.717) is 23.0 Å². The average molecular weight is 371 g/mol. The highest BCUT2D eigenvalue weighted by molar-refractivity contribution is 7.18. The van der Waals surface area contributed by atoms with Crippen LogP contribution in [0.15, 0.2) is 23.0 Å². The van der Waals surface area contributed by atoms with Gasteiger partial charge < -0.3 is 10.3 Å². The van der Waals surface area contributed by atoms with Gasteiger partial charge in [0.25, 0.3) is 5.56 Å². The second kappa shape index (κ2) is 6.50. The summed E-state index contributed by atoms with van der Waals surface area (Å²) in [6, 6.07) is 4.80. The summed E-state index contributed by atoms with van der Waals surface area (Å²) in [6.45, 7) is 5.90. The number of aromatic nitrogens is 2. The summed E-state index contributed by atoms with van der Waals surface area (Å²) in [5, 5.41) is 3.98. The van der Waals surface area contributed by atoms with Gasteiger partial charge in [0.15, 0.2) is 0 Å². The standard InChI is InChI=1S/C20H22FN3OS/c1-10-4-7-14-16(8-10)26-20-17(14)19(25)23-18(24-20)12(3)22-13-6-5-11(2)15(21)9-13/h5-6,9-10,12,22H,4,7-8H2,1-3H3,(H,23,24,25)/t10-,12-/m1/s1. The minimum atomic E-state index is -0.251. The van der Waals surface area contributed by atoms with Gasteiger partial charge in [-0.2, -0.15) is 0 Å². The Morgan fingerprint density at radius 3 is 3.00 bits per heavy atom. The van der Waals surface area contributed by atoms with Crippen molar-refractivity contribution in [2.45, 2.75) is 46.1 Å². The normalized spacial score (nSPS) is 17.9. The fourth-order valence-electron chi connectivity index (χ4n) is 3.57. The molecule has 26 heavy (non-hydrogen) atoms. The van der Waals surface area contributed by atoms with E-state index in [1.54, 1.807) is 24.3 Å². The molecule has 2 heterocycles. The number of hydrogen-bond donors (Lipinski definition) is 2. The van der Waals surface area contributed by atoms with Gasteiger partial charge in [-0.3, -0.25) is 4.79 Å². The molecule has 1 aliphatic carbocycles. The van der Waals surface area contributed by atoms with Crippen LogP contribution in [0, 0.1) is 18.7 Å². The first kappa shape index (κ1) is 17.2. The van der Waals surface area contributed by atoms with Gasteiger partial charge >= 0.3 is 0 Å². The summed E-state index contributed by atoms with van der Waals surface area (Å²) in [6.07, 6.45) is 3.11. The van der Waals surface area contributed by atoms with E-state index in [-0.39, 0.29) is 17.4 Å². The third kappa shape index (κ3) is 3.03. The second-order valence-electron chi connectivity index (χ2n) is 7.31. The van der Waals surface area contributed by atoms with Crippen LogP contribution in [-0.2, 0) is 12.8 Å². The van der Waals surface area contributed by atoms with E-state index in [9.17, 15) is 9.18 Å². The molecule has 2 aromatic heterocycles. The molecule has 4 rings (SSSR count). The molecule has 2 atom stereocenters. The Kier molecular flexibility index (Phi) is 4.31. The van der Waals surface area contributed by atoms with Crippen LogP contribution in [-0.4, -0.2) is 9.97 Å². The number of benzene rings is 1. The molecule has 0 unspecified atom stereocenters. The molecule has 1 aromatic carbocycles. The van der Waals surface area contributed by atoms with Crippen molar-refractivity contribution >= 4 is 27.2 Å². The molecule has 0 fully saturated rings. The average Bonchev–Trinajstić information content (AvgIpc) is 2.95. The van der Waals surface area contributed by atoms with E-state index in [4.69, 9.17) is 4.98 Å². The minimum absolute atomic E-state index is 0.0687. The summed E-state index contributed by atoms with van der Waals surface area (Å²) in [5.41, 5.74) is 2.39. The Balaban J connectivity index is 1.68. The zero-order chi connectivity index (χ0) is 18.4. The Morgan fingerprint density at radius 2 is 2.23 bits per heavy atom. The number of thiophene rings is 1. The van der Waals surface area contributed by atoms with E-state index in [1.165, 1.54) is 16.5 Å². The Morgan fingerprint density at radius 1 is 1.42 bits per heavy atom. The molecule has 4 nitrogen and oxygen atoms in total. The molecule has 0 saturated heterocycles. The highest BCUT2D eigenvalue weighted by Crippen LogP contribution is 2.36. The van der Waals surface area contributed by atoms with Crippen LogP contribution < -0.4 is 10.9 Å². The van der Waals surface area contributed by atoms with E-state index in [2.05, 4.69) is 17.2 Å². The molecule has 0 saturated carbocycles. The molecule has 0 spiro atoms. The summed E-state index contributed by atoms with van der Waals surface area (Å²) in [4.78, 5) is 22.4. The van der Waals surface area contributed by atoms with Crippen molar-refractivity contribution in [3.8, 4) is 0 Å². The maximum Gasteiger partial charge on any atom is 0.259 e. The van der Waals surface area contributed by atoms with E-state index >= 15 is 0 Å². The molecule has 3 aromatic rings. The van der Waals surface area contributed by atoms with Crippen molar-refractivity contribution < 1.29 is 4.39 Å².